The summed E-state index contributed by atoms with van der Waals surface area (Å²) in [5.74, 6) is 1.43. The zero-order valence-corrected chi connectivity index (χ0v) is 15.1. The number of aromatic nitrogens is 4. The van der Waals surface area contributed by atoms with Gasteiger partial charge in [-0.15, -0.1) is 11.3 Å². The zero-order chi connectivity index (χ0) is 17.4. The van der Waals surface area contributed by atoms with Gasteiger partial charge in [0.1, 0.15) is 11.5 Å². The smallest absolute Gasteiger partial charge is 0.180 e. The van der Waals surface area contributed by atoms with Crippen LogP contribution in [0.5, 0.6) is 0 Å². The van der Waals surface area contributed by atoms with Gasteiger partial charge in [0.15, 0.2) is 5.82 Å². The van der Waals surface area contributed by atoms with Crippen LogP contribution >= 0.6 is 11.3 Å². The molecule has 6 heteroatoms. The van der Waals surface area contributed by atoms with Crippen molar-refractivity contribution in [2.24, 2.45) is 0 Å². The molecule has 0 fully saturated rings. The van der Waals surface area contributed by atoms with E-state index in [9.17, 15) is 0 Å². The topological polar surface area (TPSA) is 63.6 Å². The highest BCUT2D eigenvalue weighted by Crippen LogP contribution is 2.28. The lowest BCUT2D eigenvalue weighted by molar-refractivity contribution is 1.06. The van der Waals surface area contributed by atoms with Crippen LogP contribution in [-0.2, 0) is 0 Å². The Morgan fingerprint density at radius 1 is 0.960 bits per heavy atom. The second-order valence-electron chi connectivity index (χ2n) is 5.86. The summed E-state index contributed by atoms with van der Waals surface area (Å²) in [6.07, 6.45) is 1.75. The monoisotopic (exact) mass is 347 g/mol. The number of hydrogen-bond donors (Lipinski definition) is 1. The first-order chi connectivity index (χ1) is 12.1. The van der Waals surface area contributed by atoms with E-state index in [1.807, 2.05) is 51.1 Å². The lowest BCUT2D eigenvalue weighted by Gasteiger charge is -2.12. The number of anilines is 2. The maximum atomic E-state index is 4.69. The van der Waals surface area contributed by atoms with Gasteiger partial charge in [-0.25, -0.2) is 15.0 Å². The lowest BCUT2D eigenvalue weighted by Crippen LogP contribution is -2.03. The lowest BCUT2D eigenvalue weighted by atomic mass is 10.2. The second kappa shape index (κ2) is 6.22. The third kappa shape index (κ3) is 3.08. The molecular weight excluding hydrogens is 330 g/mol. The number of thiazole rings is 1. The third-order valence-corrected chi connectivity index (χ3v) is 4.97. The van der Waals surface area contributed by atoms with Gasteiger partial charge in [0.05, 0.1) is 15.2 Å². The summed E-state index contributed by atoms with van der Waals surface area (Å²) >= 11 is 1.69. The van der Waals surface area contributed by atoms with Crippen LogP contribution in [0.4, 0.5) is 11.5 Å². The van der Waals surface area contributed by atoms with Crippen molar-refractivity contribution in [2.75, 3.05) is 5.32 Å². The van der Waals surface area contributed by atoms with Gasteiger partial charge >= 0.3 is 0 Å². The first-order valence-corrected chi connectivity index (χ1v) is 8.82. The summed E-state index contributed by atoms with van der Waals surface area (Å²) in [6, 6.07) is 11.9. The number of benzene rings is 1. The minimum atomic E-state index is 0.626. The van der Waals surface area contributed by atoms with Crippen molar-refractivity contribution in [2.45, 2.75) is 20.8 Å². The van der Waals surface area contributed by atoms with Gasteiger partial charge in [0, 0.05) is 23.1 Å². The van der Waals surface area contributed by atoms with Crippen molar-refractivity contribution >= 4 is 33.1 Å². The van der Waals surface area contributed by atoms with Gasteiger partial charge in [-0.3, -0.25) is 4.98 Å². The number of nitrogens with zero attached hydrogens (tertiary/aromatic N) is 4. The molecule has 0 radical (unpaired) electrons. The van der Waals surface area contributed by atoms with Gasteiger partial charge < -0.3 is 5.32 Å². The molecule has 0 amide bonds. The summed E-state index contributed by atoms with van der Waals surface area (Å²) < 4.78 is 1.16. The maximum absolute atomic E-state index is 4.69. The largest absolute Gasteiger partial charge is 0.340 e. The molecule has 0 aliphatic heterocycles. The van der Waals surface area contributed by atoms with Gasteiger partial charge in [0.2, 0.25) is 0 Å². The Kier molecular flexibility index (Phi) is 3.89. The normalized spacial score (nSPS) is 11.0. The van der Waals surface area contributed by atoms with Crippen molar-refractivity contribution < 1.29 is 0 Å². The van der Waals surface area contributed by atoms with Crippen LogP contribution in [0.3, 0.4) is 0 Å². The molecule has 25 heavy (non-hydrogen) atoms. The number of hydrogen-bond acceptors (Lipinski definition) is 6. The predicted octanol–water partition coefficient (Wildman–Crippen LogP) is 4.82. The molecule has 1 N–H and O–H groups in total. The number of fused-ring (bicyclic) bond motifs is 1. The predicted molar refractivity (Wildman–Crippen MR) is 102 cm³/mol. The molecule has 0 aliphatic carbocycles. The van der Waals surface area contributed by atoms with E-state index in [-0.39, 0.29) is 0 Å². The highest BCUT2D eigenvalue weighted by Gasteiger charge is 2.11. The van der Waals surface area contributed by atoms with E-state index >= 15 is 0 Å². The van der Waals surface area contributed by atoms with Crippen molar-refractivity contribution in [3.63, 3.8) is 0 Å². The molecule has 124 valence electrons. The molecule has 1 aromatic carbocycles. The van der Waals surface area contributed by atoms with E-state index in [1.165, 1.54) is 0 Å². The van der Waals surface area contributed by atoms with Crippen LogP contribution in [0.2, 0.25) is 0 Å². The van der Waals surface area contributed by atoms with Crippen molar-refractivity contribution in [1.29, 1.82) is 0 Å². The summed E-state index contributed by atoms with van der Waals surface area (Å²) in [5, 5.41) is 4.49. The molecule has 0 saturated carbocycles. The van der Waals surface area contributed by atoms with Gasteiger partial charge in [-0.1, -0.05) is 6.07 Å². The molecule has 0 saturated heterocycles. The second-order valence-corrected chi connectivity index (χ2v) is 7.10. The molecule has 3 heterocycles. The summed E-state index contributed by atoms with van der Waals surface area (Å²) in [5.41, 5.74) is 4.75. The van der Waals surface area contributed by atoms with Crippen molar-refractivity contribution in [3.8, 4) is 11.5 Å². The fourth-order valence-corrected chi connectivity index (χ4v) is 3.48. The van der Waals surface area contributed by atoms with Crippen LogP contribution in [0.1, 0.15) is 16.3 Å². The SMILES string of the molecule is Cc1nc2ccc(Nc3nc(-c4ccccn4)nc(C)c3C)cc2s1. The van der Waals surface area contributed by atoms with E-state index in [2.05, 4.69) is 31.3 Å². The summed E-state index contributed by atoms with van der Waals surface area (Å²) in [6.45, 7) is 6.04. The van der Waals surface area contributed by atoms with Gasteiger partial charge in [-0.2, -0.15) is 0 Å². The first kappa shape index (κ1) is 15.7. The Bertz CT molecular complexity index is 1060. The minimum absolute atomic E-state index is 0.626. The molecular formula is C19H17N5S. The minimum Gasteiger partial charge on any atom is -0.340 e. The van der Waals surface area contributed by atoms with E-state index in [4.69, 9.17) is 0 Å². The molecule has 0 spiro atoms. The highest BCUT2D eigenvalue weighted by molar-refractivity contribution is 7.18. The molecule has 0 aliphatic rings. The van der Waals surface area contributed by atoms with E-state index in [0.29, 0.717) is 5.82 Å². The molecule has 0 unspecified atom stereocenters. The van der Waals surface area contributed by atoms with Crippen LogP contribution in [0.25, 0.3) is 21.7 Å². The Labute approximate surface area is 149 Å². The Balaban J connectivity index is 1.74. The van der Waals surface area contributed by atoms with E-state index < -0.39 is 0 Å². The molecule has 5 nitrogen and oxygen atoms in total. The quantitative estimate of drug-likeness (QED) is 0.576. The number of aryl methyl sites for hydroxylation is 2. The maximum Gasteiger partial charge on any atom is 0.180 e. The third-order valence-electron chi connectivity index (χ3n) is 4.04. The van der Waals surface area contributed by atoms with Crippen LogP contribution in [-0.4, -0.2) is 19.9 Å². The van der Waals surface area contributed by atoms with Crippen LogP contribution in [0, 0.1) is 20.8 Å². The molecule has 3 aromatic heterocycles. The fourth-order valence-electron chi connectivity index (χ4n) is 2.61. The molecule has 0 bridgehead atoms. The molecule has 4 aromatic rings. The highest BCUT2D eigenvalue weighted by atomic mass is 32.1. The average Bonchev–Trinajstić information content (AvgIpc) is 2.99. The summed E-state index contributed by atoms with van der Waals surface area (Å²) in [4.78, 5) is 18.1. The molecule has 4 rings (SSSR count). The van der Waals surface area contributed by atoms with Gasteiger partial charge in [-0.05, 0) is 51.1 Å². The Hall–Kier alpha value is -2.86. The zero-order valence-electron chi connectivity index (χ0n) is 14.2. The van der Waals surface area contributed by atoms with Crippen LogP contribution in [0.15, 0.2) is 42.6 Å². The first-order valence-electron chi connectivity index (χ1n) is 8.01. The average molecular weight is 347 g/mol. The number of nitrogens with one attached hydrogen (secondary N) is 1. The molecule has 0 atom stereocenters. The standard InChI is InChI=1S/C19H17N5S/c1-11-12(2)21-19(16-6-4-5-9-20-16)24-18(11)23-14-7-8-15-17(10-14)25-13(3)22-15/h4-10H,1-3H3,(H,21,23,24). The van der Waals surface area contributed by atoms with E-state index in [1.54, 1.807) is 17.5 Å². The van der Waals surface area contributed by atoms with Crippen LogP contribution < -0.4 is 5.32 Å². The number of pyridine rings is 1. The summed E-state index contributed by atoms with van der Waals surface area (Å²) in [7, 11) is 0. The van der Waals surface area contributed by atoms with Crippen molar-refractivity contribution in [1.82, 2.24) is 19.9 Å². The Morgan fingerprint density at radius 3 is 2.64 bits per heavy atom. The van der Waals surface area contributed by atoms with E-state index in [0.717, 1.165) is 43.7 Å². The fraction of sp³-hybridized carbons (Fsp3) is 0.158. The van der Waals surface area contributed by atoms with Gasteiger partial charge in [0.25, 0.3) is 0 Å². The Morgan fingerprint density at radius 2 is 1.84 bits per heavy atom. The van der Waals surface area contributed by atoms with Crippen molar-refractivity contribution in [3.05, 3.63) is 58.9 Å². The number of rotatable bonds is 3.